The van der Waals surface area contributed by atoms with Gasteiger partial charge in [0.15, 0.2) is 0 Å². The van der Waals surface area contributed by atoms with Crippen molar-refractivity contribution in [1.29, 1.82) is 0 Å². The number of nitrogens with zero attached hydrogens (tertiary/aromatic N) is 2. The number of rotatable bonds is 5. The van der Waals surface area contributed by atoms with Gasteiger partial charge in [0.1, 0.15) is 5.78 Å². The third-order valence-corrected chi connectivity index (χ3v) is 3.60. The van der Waals surface area contributed by atoms with Gasteiger partial charge in [0, 0.05) is 18.4 Å². The van der Waals surface area contributed by atoms with Crippen molar-refractivity contribution < 1.29 is 4.79 Å². The second kappa shape index (κ2) is 5.87. The molecule has 0 amide bonds. The van der Waals surface area contributed by atoms with Crippen LogP contribution in [0.3, 0.4) is 0 Å². The van der Waals surface area contributed by atoms with E-state index in [0.717, 1.165) is 35.8 Å². The molecule has 0 bridgehead atoms. The standard InChI is InChI=1S/C14H23ClN2O/c1-6-17-11(13(15)10(2)16-17)8-7-9-12(18)14(3,4)5/h6-9H2,1-5H3. The number of carbonyl (C=O) groups is 1. The number of aromatic nitrogens is 2. The maximum Gasteiger partial charge on any atom is 0.138 e. The summed E-state index contributed by atoms with van der Waals surface area (Å²) in [5, 5.41) is 5.13. The number of ketones is 1. The van der Waals surface area contributed by atoms with Crippen molar-refractivity contribution in [2.75, 3.05) is 0 Å². The summed E-state index contributed by atoms with van der Waals surface area (Å²) in [5.74, 6) is 0.304. The van der Waals surface area contributed by atoms with Crippen molar-refractivity contribution in [3.63, 3.8) is 0 Å². The van der Waals surface area contributed by atoms with Gasteiger partial charge in [0.2, 0.25) is 0 Å². The fourth-order valence-corrected chi connectivity index (χ4v) is 2.13. The average Bonchev–Trinajstić information content (AvgIpc) is 2.55. The predicted octanol–water partition coefficient (Wildman–Crippen LogP) is 3.80. The third kappa shape index (κ3) is 3.58. The summed E-state index contributed by atoms with van der Waals surface area (Å²) in [4.78, 5) is 11.8. The summed E-state index contributed by atoms with van der Waals surface area (Å²) in [6, 6.07) is 0. The van der Waals surface area contributed by atoms with Crippen LogP contribution in [0.5, 0.6) is 0 Å². The summed E-state index contributed by atoms with van der Waals surface area (Å²) >= 11 is 6.23. The Kier molecular flexibility index (Phi) is 4.97. The number of hydrogen-bond donors (Lipinski definition) is 0. The molecule has 0 unspecified atom stereocenters. The summed E-state index contributed by atoms with van der Waals surface area (Å²) in [6.07, 6.45) is 2.25. The molecule has 0 fully saturated rings. The Morgan fingerprint density at radius 2 is 2.00 bits per heavy atom. The quantitative estimate of drug-likeness (QED) is 0.816. The predicted molar refractivity (Wildman–Crippen MR) is 75.0 cm³/mol. The Bertz CT molecular complexity index is 430. The van der Waals surface area contributed by atoms with Gasteiger partial charge < -0.3 is 0 Å². The van der Waals surface area contributed by atoms with E-state index in [0.29, 0.717) is 12.2 Å². The smallest absolute Gasteiger partial charge is 0.138 e. The van der Waals surface area contributed by atoms with E-state index in [9.17, 15) is 4.79 Å². The molecule has 0 saturated carbocycles. The lowest BCUT2D eigenvalue weighted by Crippen LogP contribution is -2.20. The molecular formula is C14H23ClN2O. The zero-order valence-corrected chi connectivity index (χ0v) is 12.8. The molecule has 1 aromatic heterocycles. The second-order valence-electron chi connectivity index (χ2n) is 5.69. The zero-order valence-electron chi connectivity index (χ0n) is 12.0. The van der Waals surface area contributed by atoms with Crippen molar-refractivity contribution in [3.8, 4) is 0 Å². The molecule has 18 heavy (non-hydrogen) atoms. The highest BCUT2D eigenvalue weighted by Gasteiger charge is 2.21. The van der Waals surface area contributed by atoms with Gasteiger partial charge in [-0.05, 0) is 26.7 Å². The van der Waals surface area contributed by atoms with Crippen LogP contribution in [-0.2, 0) is 17.8 Å². The van der Waals surface area contributed by atoms with Crippen LogP contribution < -0.4 is 0 Å². The van der Waals surface area contributed by atoms with Gasteiger partial charge in [-0.2, -0.15) is 5.10 Å². The Morgan fingerprint density at radius 3 is 2.50 bits per heavy atom. The van der Waals surface area contributed by atoms with E-state index in [1.807, 2.05) is 39.3 Å². The van der Waals surface area contributed by atoms with Gasteiger partial charge in [-0.15, -0.1) is 0 Å². The molecule has 1 aromatic rings. The first kappa shape index (κ1) is 15.2. The topological polar surface area (TPSA) is 34.9 Å². The highest BCUT2D eigenvalue weighted by molar-refractivity contribution is 6.31. The van der Waals surface area contributed by atoms with Crippen LogP contribution in [0.4, 0.5) is 0 Å². The van der Waals surface area contributed by atoms with Crippen molar-refractivity contribution in [2.24, 2.45) is 5.41 Å². The number of carbonyl (C=O) groups excluding carboxylic acids is 1. The first-order chi connectivity index (χ1) is 8.27. The van der Waals surface area contributed by atoms with Gasteiger partial charge in [0.25, 0.3) is 0 Å². The van der Waals surface area contributed by atoms with Crippen LogP contribution in [-0.4, -0.2) is 15.6 Å². The molecule has 1 rings (SSSR count). The fourth-order valence-electron chi connectivity index (χ4n) is 1.90. The van der Waals surface area contributed by atoms with Crippen LogP contribution >= 0.6 is 11.6 Å². The highest BCUT2D eigenvalue weighted by Crippen LogP contribution is 2.23. The van der Waals surface area contributed by atoms with Crippen LogP contribution in [0.2, 0.25) is 5.02 Å². The van der Waals surface area contributed by atoms with Crippen molar-refractivity contribution >= 4 is 17.4 Å². The van der Waals surface area contributed by atoms with Crippen LogP contribution in [0.1, 0.15) is 51.9 Å². The number of Topliss-reactive ketones (excluding diaryl/α,β-unsaturated/α-hetero) is 1. The molecule has 0 aliphatic heterocycles. The van der Waals surface area contributed by atoms with E-state index < -0.39 is 0 Å². The van der Waals surface area contributed by atoms with E-state index >= 15 is 0 Å². The lowest BCUT2D eigenvalue weighted by molar-refractivity contribution is -0.126. The van der Waals surface area contributed by atoms with Crippen molar-refractivity contribution in [1.82, 2.24) is 9.78 Å². The van der Waals surface area contributed by atoms with Crippen LogP contribution in [0.25, 0.3) is 0 Å². The van der Waals surface area contributed by atoms with E-state index in [-0.39, 0.29) is 5.41 Å². The summed E-state index contributed by atoms with van der Waals surface area (Å²) in [7, 11) is 0. The molecule has 0 aliphatic carbocycles. The monoisotopic (exact) mass is 270 g/mol. The maximum absolute atomic E-state index is 11.8. The minimum absolute atomic E-state index is 0.245. The largest absolute Gasteiger partial charge is 0.299 e. The number of hydrogen-bond acceptors (Lipinski definition) is 2. The minimum atomic E-state index is -0.245. The minimum Gasteiger partial charge on any atom is -0.299 e. The Balaban J connectivity index is 2.62. The molecule has 1 heterocycles. The van der Waals surface area contributed by atoms with Crippen molar-refractivity contribution in [3.05, 3.63) is 16.4 Å². The van der Waals surface area contributed by atoms with E-state index in [4.69, 9.17) is 11.6 Å². The van der Waals surface area contributed by atoms with Crippen molar-refractivity contribution in [2.45, 2.75) is 60.4 Å². The number of aryl methyl sites for hydroxylation is 2. The van der Waals surface area contributed by atoms with Gasteiger partial charge in [-0.1, -0.05) is 32.4 Å². The fraction of sp³-hybridized carbons (Fsp3) is 0.714. The van der Waals surface area contributed by atoms with Crippen LogP contribution in [0.15, 0.2) is 0 Å². The second-order valence-corrected chi connectivity index (χ2v) is 6.07. The molecule has 102 valence electrons. The third-order valence-electron chi connectivity index (χ3n) is 3.11. The molecule has 0 N–H and O–H groups in total. The lowest BCUT2D eigenvalue weighted by atomic mass is 9.88. The first-order valence-corrected chi connectivity index (χ1v) is 6.90. The maximum atomic E-state index is 11.8. The molecule has 0 atom stereocenters. The van der Waals surface area contributed by atoms with Gasteiger partial charge in [-0.3, -0.25) is 9.48 Å². The summed E-state index contributed by atoms with van der Waals surface area (Å²) in [6.45, 7) is 10.7. The van der Waals surface area contributed by atoms with E-state index in [1.165, 1.54) is 0 Å². The SMILES string of the molecule is CCn1nc(C)c(Cl)c1CCCC(=O)C(C)(C)C. The van der Waals surface area contributed by atoms with E-state index in [1.54, 1.807) is 0 Å². The Labute approximate surface area is 115 Å². The lowest BCUT2D eigenvalue weighted by Gasteiger charge is -2.16. The molecule has 0 saturated heterocycles. The molecule has 0 radical (unpaired) electrons. The molecule has 0 spiro atoms. The van der Waals surface area contributed by atoms with Gasteiger partial charge >= 0.3 is 0 Å². The number of halogens is 1. The molecule has 3 nitrogen and oxygen atoms in total. The van der Waals surface area contributed by atoms with Crippen LogP contribution in [0, 0.1) is 12.3 Å². The average molecular weight is 271 g/mol. The molecule has 4 heteroatoms. The Hall–Kier alpha value is -0.830. The summed E-state index contributed by atoms with van der Waals surface area (Å²) < 4.78 is 1.93. The highest BCUT2D eigenvalue weighted by atomic mass is 35.5. The normalized spacial score (nSPS) is 11.9. The molecule has 0 aromatic carbocycles. The summed E-state index contributed by atoms with van der Waals surface area (Å²) in [5.41, 5.74) is 1.68. The van der Waals surface area contributed by atoms with E-state index in [2.05, 4.69) is 5.10 Å². The molecular weight excluding hydrogens is 248 g/mol. The first-order valence-electron chi connectivity index (χ1n) is 6.52. The van der Waals surface area contributed by atoms with Gasteiger partial charge in [-0.25, -0.2) is 0 Å². The Morgan fingerprint density at radius 1 is 1.39 bits per heavy atom. The molecule has 0 aliphatic rings. The zero-order chi connectivity index (χ0) is 13.9. The van der Waals surface area contributed by atoms with Gasteiger partial charge in [0.05, 0.1) is 16.4 Å².